The standard InChI is InChI=1S/C14H19F3N2O4/c1-8-10(13(21)22-3)9(2)19-11(8)12(20)18-5-4-6-23-7-14(15,16)17/h19H,4-7H2,1-3H3,(H,18,20). The lowest BCUT2D eigenvalue weighted by Gasteiger charge is -2.08. The number of aryl methyl sites for hydroxylation is 1. The quantitative estimate of drug-likeness (QED) is 0.590. The van der Waals surface area contributed by atoms with Crippen molar-refractivity contribution in [3.05, 3.63) is 22.5 Å². The third-order valence-electron chi connectivity index (χ3n) is 3.07. The van der Waals surface area contributed by atoms with E-state index >= 15 is 0 Å². The summed E-state index contributed by atoms with van der Waals surface area (Å²) >= 11 is 0. The van der Waals surface area contributed by atoms with Crippen LogP contribution < -0.4 is 5.32 Å². The Hall–Kier alpha value is -2.03. The van der Waals surface area contributed by atoms with Crippen LogP contribution in [-0.4, -0.2) is 49.9 Å². The maximum atomic E-state index is 12.0. The van der Waals surface area contributed by atoms with E-state index in [9.17, 15) is 22.8 Å². The summed E-state index contributed by atoms with van der Waals surface area (Å²) in [5.74, 6) is -0.993. The van der Waals surface area contributed by atoms with Gasteiger partial charge >= 0.3 is 12.1 Å². The number of H-pyrrole nitrogens is 1. The van der Waals surface area contributed by atoms with Crippen molar-refractivity contribution in [3.63, 3.8) is 0 Å². The summed E-state index contributed by atoms with van der Waals surface area (Å²) in [6.45, 7) is 1.98. The lowest BCUT2D eigenvalue weighted by molar-refractivity contribution is -0.173. The molecule has 0 spiro atoms. The molecule has 0 aliphatic carbocycles. The summed E-state index contributed by atoms with van der Waals surface area (Å²) in [4.78, 5) is 26.4. The summed E-state index contributed by atoms with van der Waals surface area (Å²) in [7, 11) is 1.24. The normalized spacial score (nSPS) is 11.4. The lowest BCUT2D eigenvalue weighted by Crippen LogP contribution is -2.27. The molecule has 0 aliphatic heterocycles. The first-order valence-corrected chi connectivity index (χ1v) is 6.87. The van der Waals surface area contributed by atoms with Gasteiger partial charge in [0.25, 0.3) is 5.91 Å². The Morgan fingerprint density at radius 1 is 1.26 bits per heavy atom. The third-order valence-corrected chi connectivity index (χ3v) is 3.07. The number of aromatic nitrogens is 1. The second-order valence-corrected chi connectivity index (χ2v) is 4.89. The highest BCUT2D eigenvalue weighted by atomic mass is 19.4. The maximum Gasteiger partial charge on any atom is 0.411 e. The number of esters is 1. The molecular formula is C14H19F3N2O4. The van der Waals surface area contributed by atoms with Crippen molar-refractivity contribution in [2.24, 2.45) is 0 Å². The molecule has 0 aromatic carbocycles. The predicted molar refractivity (Wildman–Crippen MR) is 75.4 cm³/mol. The van der Waals surface area contributed by atoms with Gasteiger partial charge in [0.15, 0.2) is 0 Å². The van der Waals surface area contributed by atoms with Crippen LogP contribution in [0.5, 0.6) is 0 Å². The molecule has 0 saturated heterocycles. The molecule has 1 amide bonds. The van der Waals surface area contributed by atoms with E-state index in [2.05, 4.69) is 19.8 Å². The number of aromatic amines is 1. The molecule has 1 aromatic heterocycles. The number of halogens is 3. The van der Waals surface area contributed by atoms with Crippen molar-refractivity contribution in [1.29, 1.82) is 0 Å². The zero-order valence-corrected chi connectivity index (χ0v) is 13.1. The summed E-state index contributed by atoms with van der Waals surface area (Å²) in [6, 6.07) is 0. The molecular weight excluding hydrogens is 317 g/mol. The van der Waals surface area contributed by atoms with Gasteiger partial charge in [0.1, 0.15) is 12.3 Å². The summed E-state index contributed by atoms with van der Waals surface area (Å²) < 4.78 is 44.6. The molecule has 130 valence electrons. The largest absolute Gasteiger partial charge is 0.465 e. The van der Waals surface area contributed by atoms with Crippen molar-refractivity contribution in [2.45, 2.75) is 26.4 Å². The Kier molecular flexibility index (Phi) is 6.62. The van der Waals surface area contributed by atoms with Gasteiger partial charge in [-0.25, -0.2) is 4.79 Å². The molecule has 6 nitrogen and oxygen atoms in total. The van der Waals surface area contributed by atoms with Gasteiger partial charge in [-0.1, -0.05) is 0 Å². The minimum atomic E-state index is -4.35. The van der Waals surface area contributed by atoms with Crippen molar-refractivity contribution in [2.75, 3.05) is 26.9 Å². The van der Waals surface area contributed by atoms with Gasteiger partial charge in [-0.05, 0) is 25.8 Å². The van der Waals surface area contributed by atoms with Gasteiger partial charge < -0.3 is 19.8 Å². The Labute approximate surface area is 131 Å². The molecule has 1 heterocycles. The Morgan fingerprint density at radius 2 is 1.91 bits per heavy atom. The van der Waals surface area contributed by atoms with Crippen LogP contribution in [0.25, 0.3) is 0 Å². The summed E-state index contributed by atoms with van der Waals surface area (Å²) in [5, 5.41) is 2.55. The molecule has 0 atom stereocenters. The van der Waals surface area contributed by atoms with E-state index in [0.717, 1.165) is 0 Å². The smallest absolute Gasteiger partial charge is 0.411 e. The molecule has 2 N–H and O–H groups in total. The molecule has 1 rings (SSSR count). The minimum absolute atomic E-state index is 0.115. The Balaban J connectivity index is 2.49. The van der Waals surface area contributed by atoms with E-state index in [4.69, 9.17) is 0 Å². The summed E-state index contributed by atoms with van der Waals surface area (Å²) in [6.07, 6.45) is -4.11. The minimum Gasteiger partial charge on any atom is -0.465 e. The SMILES string of the molecule is COC(=O)c1c(C)[nH]c(C(=O)NCCCOCC(F)(F)F)c1C. The van der Waals surface area contributed by atoms with Crippen LogP contribution >= 0.6 is 0 Å². The molecule has 1 aromatic rings. The van der Waals surface area contributed by atoms with Crippen LogP contribution in [0.3, 0.4) is 0 Å². The van der Waals surface area contributed by atoms with Gasteiger partial charge in [-0.3, -0.25) is 4.79 Å². The third kappa shape index (κ3) is 5.59. The highest BCUT2D eigenvalue weighted by Gasteiger charge is 2.27. The fourth-order valence-corrected chi connectivity index (χ4v) is 2.04. The highest BCUT2D eigenvalue weighted by Crippen LogP contribution is 2.18. The number of ether oxygens (including phenoxy) is 2. The fourth-order valence-electron chi connectivity index (χ4n) is 2.04. The molecule has 0 unspecified atom stereocenters. The van der Waals surface area contributed by atoms with E-state index in [1.807, 2.05) is 0 Å². The molecule has 0 aliphatic rings. The molecule has 23 heavy (non-hydrogen) atoms. The van der Waals surface area contributed by atoms with Crippen molar-refractivity contribution >= 4 is 11.9 Å². The van der Waals surface area contributed by atoms with Crippen molar-refractivity contribution in [3.8, 4) is 0 Å². The van der Waals surface area contributed by atoms with E-state index in [1.165, 1.54) is 7.11 Å². The van der Waals surface area contributed by atoms with Crippen LogP contribution in [0.2, 0.25) is 0 Å². The van der Waals surface area contributed by atoms with Gasteiger partial charge in [0.2, 0.25) is 0 Å². The highest BCUT2D eigenvalue weighted by molar-refractivity contribution is 6.00. The van der Waals surface area contributed by atoms with Gasteiger partial charge in [0, 0.05) is 18.8 Å². The van der Waals surface area contributed by atoms with Crippen LogP contribution in [0, 0.1) is 13.8 Å². The number of amides is 1. The molecule has 0 radical (unpaired) electrons. The fraction of sp³-hybridized carbons (Fsp3) is 0.571. The Bertz CT molecular complexity index is 567. The van der Waals surface area contributed by atoms with Gasteiger partial charge in [-0.2, -0.15) is 13.2 Å². The van der Waals surface area contributed by atoms with E-state index in [-0.39, 0.29) is 25.3 Å². The zero-order chi connectivity index (χ0) is 17.6. The number of methoxy groups -OCH3 is 1. The molecule has 9 heteroatoms. The number of carbonyl (C=O) groups excluding carboxylic acids is 2. The van der Waals surface area contributed by atoms with Crippen LogP contribution in [-0.2, 0) is 9.47 Å². The first kappa shape index (κ1) is 19.0. The van der Waals surface area contributed by atoms with Gasteiger partial charge in [-0.15, -0.1) is 0 Å². The van der Waals surface area contributed by atoms with Crippen molar-refractivity contribution in [1.82, 2.24) is 10.3 Å². The van der Waals surface area contributed by atoms with E-state index < -0.39 is 24.7 Å². The first-order valence-electron chi connectivity index (χ1n) is 6.87. The second kappa shape index (κ2) is 8.00. The monoisotopic (exact) mass is 336 g/mol. The van der Waals surface area contributed by atoms with Gasteiger partial charge in [0.05, 0.1) is 12.7 Å². The van der Waals surface area contributed by atoms with Crippen LogP contribution in [0.15, 0.2) is 0 Å². The van der Waals surface area contributed by atoms with E-state index in [1.54, 1.807) is 13.8 Å². The number of nitrogens with one attached hydrogen (secondary N) is 2. The number of rotatable bonds is 7. The first-order chi connectivity index (χ1) is 10.7. The summed E-state index contributed by atoms with van der Waals surface area (Å²) in [5.41, 5.74) is 1.48. The topological polar surface area (TPSA) is 80.4 Å². The van der Waals surface area contributed by atoms with E-state index in [0.29, 0.717) is 16.8 Å². The van der Waals surface area contributed by atoms with Crippen LogP contribution in [0.1, 0.15) is 38.5 Å². The number of hydrogen-bond acceptors (Lipinski definition) is 4. The zero-order valence-electron chi connectivity index (χ0n) is 13.1. The molecule has 0 saturated carbocycles. The van der Waals surface area contributed by atoms with Crippen molar-refractivity contribution < 1.29 is 32.2 Å². The number of carbonyl (C=O) groups is 2. The number of alkyl halides is 3. The number of hydrogen-bond donors (Lipinski definition) is 2. The second-order valence-electron chi connectivity index (χ2n) is 4.89. The van der Waals surface area contributed by atoms with Crippen LogP contribution in [0.4, 0.5) is 13.2 Å². The average Bonchev–Trinajstić information content (AvgIpc) is 2.75. The lowest BCUT2D eigenvalue weighted by atomic mass is 10.1. The predicted octanol–water partition coefficient (Wildman–Crippen LogP) is 2.12. The Morgan fingerprint density at radius 3 is 2.48 bits per heavy atom. The maximum absolute atomic E-state index is 12.0. The molecule has 0 bridgehead atoms. The average molecular weight is 336 g/mol. The molecule has 0 fully saturated rings.